The molecular formula is C12H14N4O. The predicted octanol–water partition coefficient (Wildman–Crippen LogP) is 1.22. The number of pyridine rings is 1. The summed E-state index contributed by atoms with van der Waals surface area (Å²) in [5.74, 6) is 1.32. The molecule has 0 radical (unpaired) electrons. The molecule has 17 heavy (non-hydrogen) atoms. The molecule has 0 bridgehead atoms. The fraction of sp³-hybridized carbons (Fsp3) is 0.250. The fourth-order valence-electron chi connectivity index (χ4n) is 1.42. The van der Waals surface area contributed by atoms with Gasteiger partial charge >= 0.3 is 0 Å². The molecule has 0 aromatic carbocycles. The van der Waals surface area contributed by atoms with Crippen molar-refractivity contribution in [2.45, 2.75) is 20.1 Å². The number of hydrogen-bond donors (Lipinski definition) is 1. The smallest absolute Gasteiger partial charge is 0.166 e. The van der Waals surface area contributed by atoms with Gasteiger partial charge in [0.05, 0.1) is 5.69 Å². The Bertz CT molecular complexity index is 487. The molecule has 2 N–H and O–H groups in total. The van der Waals surface area contributed by atoms with E-state index in [1.165, 1.54) is 0 Å². The first-order chi connectivity index (χ1) is 8.29. The van der Waals surface area contributed by atoms with Crippen LogP contribution in [0, 0.1) is 6.92 Å². The van der Waals surface area contributed by atoms with Crippen LogP contribution < -0.4 is 10.5 Å². The van der Waals surface area contributed by atoms with Crippen LogP contribution in [-0.4, -0.2) is 15.0 Å². The molecule has 0 saturated heterocycles. The summed E-state index contributed by atoms with van der Waals surface area (Å²) in [5.41, 5.74) is 7.29. The second-order valence-electron chi connectivity index (χ2n) is 3.56. The van der Waals surface area contributed by atoms with E-state index in [1.54, 1.807) is 18.5 Å². The Morgan fingerprint density at radius 3 is 2.71 bits per heavy atom. The van der Waals surface area contributed by atoms with Gasteiger partial charge in [-0.25, -0.2) is 9.97 Å². The highest BCUT2D eigenvalue weighted by molar-refractivity contribution is 5.29. The number of hydrogen-bond acceptors (Lipinski definition) is 5. The van der Waals surface area contributed by atoms with Gasteiger partial charge in [-0.05, 0) is 25.1 Å². The molecule has 0 unspecified atom stereocenters. The summed E-state index contributed by atoms with van der Waals surface area (Å²) in [6, 6.07) is 5.52. The number of nitrogens with two attached hydrogens (primary N) is 1. The average Bonchev–Trinajstić information content (AvgIpc) is 2.38. The average molecular weight is 230 g/mol. The SMILES string of the molecule is Cc1ccc(OCc2ncccn2)c(CN)n1. The Morgan fingerprint density at radius 1 is 1.24 bits per heavy atom. The van der Waals surface area contributed by atoms with E-state index in [0.29, 0.717) is 24.7 Å². The summed E-state index contributed by atoms with van der Waals surface area (Å²) in [6.07, 6.45) is 3.37. The number of nitrogens with zero attached hydrogens (tertiary/aromatic N) is 3. The molecule has 2 aromatic rings. The van der Waals surface area contributed by atoms with Gasteiger partial charge in [0, 0.05) is 24.6 Å². The molecule has 0 aliphatic rings. The van der Waals surface area contributed by atoms with Gasteiger partial charge < -0.3 is 10.5 Å². The molecule has 0 fully saturated rings. The zero-order valence-corrected chi connectivity index (χ0v) is 9.63. The van der Waals surface area contributed by atoms with Gasteiger partial charge in [0.2, 0.25) is 0 Å². The second-order valence-corrected chi connectivity index (χ2v) is 3.56. The molecule has 2 aromatic heterocycles. The normalized spacial score (nSPS) is 10.2. The molecule has 0 saturated carbocycles. The fourth-order valence-corrected chi connectivity index (χ4v) is 1.42. The van der Waals surface area contributed by atoms with Crippen LogP contribution >= 0.6 is 0 Å². The van der Waals surface area contributed by atoms with Crippen LogP contribution in [-0.2, 0) is 13.2 Å². The third-order valence-corrected chi connectivity index (χ3v) is 2.24. The largest absolute Gasteiger partial charge is 0.484 e. The Morgan fingerprint density at radius 2 is 2.00 bits per heavy atom. The molecule has 0 amide bonds. The molecule has 0 spiro atoms. The maximum Gasteiger partial charge on any atom is 0.166 e. The van der Waals surface area contributed by atoms with Crippen molar-refractivity contribution >= 4 is 0 Å². The highest BCUT2D eigenvalue weighted by atomic mass is 16.5. The third kappa shape index (κ3) is 2.98. The van der Waals surface area contributed by atoms with E-state index in [2.05, 4.69) is 15.0 Å². The first-order valence-electron chi connectivity index (χ1n) is 5.35. The summed E-state index contributed by atoms with van der Waals surface area (Å²) in [7, 11) is 0. The van der Waals surface area contributed by atoms with E-state index < -0.39 is 0 Å². The van der Waals surface area contributed by atoms with Crippen molar-refractivity contribution in [3.8, 4) is 5.75 Å². The van der Waals surface area contributed by atoms with Gasteiger partial charge in [-0.2, -0.15) is 0 Å². The van der Waals surface area contributed by atoms with Crippen LogP contribution in [0.5, 0.6) is 5.75 Å². The predicted molar refractivity (Wildman–Crippen MR) is 63.2 cm³/mol. The zero-order chi connectivity index (χ0) is 12.1. The molecule has 0 aliphatic heterocycles. The van der Waals surface area contributed by atoms with E-state index >= 15 is 0 Å². The molecular weight excluding hydrogens is 216 g/mol. The lowest BCUT2D eigenvalue weighted by Crippen LogP contribution is -2.07. The van der Waals surface area contributed by atoms with Gasteiger partial charge in [0.1, 0.15) is 12.4 Å². The number of aromatic nitrogens is 3. The minimum Gasteiger partial charge on any atom is -0.484 e. The lowest BCUT2D eigenvalue weighted by Gasteiger charge is -2.09. The molecule has 0 aliphatic carbocycles. The maximum atomic E-state index is 5.61. The quantitative estimate of drug-likeness (QED) is 0.854. The molecule has 5 heteroatoms. The summed E-state index contributed by atoms with van der Waals surface area (Å²) in [6.45, 7) is 2.59. The lowest BCUT2D eigenvalue weighted by atomic mass is 10.3. The standard InChI is InChI=1S/C12H14N4O/c1-9-3-4-11(10(7-13)16-9)17-8-12-14-5-2-6-15-12/h2-6H,7-8,13H2,1H3. The first-order valence-corrected chi connectivity index (χ1v) is 5.35. The molecule has 0 atom stereocenters. The van der Waals surface area contributed by atoms with E-state index in [1.807, 2.05) is 19.1 Å². The van der Waals surface area contributed by atoms with Crippen molar-refractivity contribution < 1.29 is 4.74 Å². The third-order valence-electron chi connectivity index (χ3n) is 2.24. The van der Waals surface area contributed by atoms with E-state index in [0.717, 1.165) is 11.4 Å². The van der Waals surface area contributed by atoms with Crippen LogP contribution in [0.4, 0.5) is 0 Å². The summed E-state index contributed by atoms with van der Waals surface area (Å²) in [5, 5.41) is 0. The van der Waals surface area contributed by atoms with Crippen molar-refractivity contribution in [2.75, 3.05) is 0 Å². The van der Waals surface area contributed by atoms with E-state index in [-0.39, 0.29) is 0 Å². The monoisotopic (exact) mass is 230 g/mol. The molecule has 2 rings (SSSR count). The van der Waals surface area contributed by atoms with Crippen molar-refractivity contribution in [3.63, 3.8) is 0 Å². The van der Waals surface area contributed by atoms with Crippen LogP contribution in [0.2, 0.25) is 0 Å². The van der Waals surface area contributed by atoms with Crippen molar-refractivity contribution in [3.05, 3.63) is 47.8 Å². The Labute approximate surface area is 99.7 Å². The Kier molecular flexibility index (Phi) is 3.62. The van der Waals surface area contributed by atoms with Gasteiger partial charge in [0.15, 0.2) is 5.82 Å². The molecule has 2 heterocycles. The van der Waals surface area contributed by atoms with Crippen molar-refractivity contribution in [1.82, 2.24) is 15.0 Å². The summed E-state index contributed by atoms with van der Waals surface area (Å²) >= 11 is 0. The summed E-state index contributed by atoms with van der Waals surface area (Å²) < 4.78 is 5.60. The van der Waals surface area contributed by atoms with Gasteiger partial charge in [-0.15, -0.1) is 0 Å². The Balaban J connectivity index is 2.09. The highest BCUT2D eigenvalue weighted by Crippen LogP contribution is 2.17. The van der Waals surface area contributed by atoms with Crippen LogP contribution in [0.15, 0.2) is 30.6 Å². The summed E-state index contributed by atoms with van der Waals surface area (Å²) in [4.78, 5) is 12.5. The van der Waals surface area contributed by atoms with Crippen molar-refractivity contribution in [1.29, 1.82) is 0 Å². The topological polar surface area (TPSA) is 73.9 Å². The van der Waals surface area contributed by atoms with Crippen LogP contribution in [0.25, 0.3) is 0 Å². The van der Waals surface area contributed by atoms with Gasteiger partial charge in [-0.1, -0.05) is 0 Å². The highest BCUT2D eigenvalue weighted by Gasteiger charge is 2.05. The minimum atomic E-state index is 0.318. The zero-order valence-electron chi connectivity index (χ0n) is 9.63. The van der Waals surface area contributed by atoms with Gasteiger partial charge in [-0.3, -0.25) is 4.98 Å². The number of rotatable bonds is 4. The number of ether oxygens (including phenoxy) is 1. The van der Waals surface area contributed by atoms with E-state index in [9.17, 15) is 0 Å². The Hall–Kier alpha value is -2.01. The second kappa shape index (κ2) is 5.36. The van der Waals surface area contributed by atoms with E-state index in [4.69, 9.17) is 10.5 Å². The maximum absolute atomic E-state index is 5.61. The number of aryl methyl sites for hydroxylation is 1. The molecule has 88 valence electrons. The first kappa shape index (κ1) is 11.5. The lowest BCUT2D eigenvalue weighted by molar-refractivity contribution is 0.291. The van der Waals surface area contributed by atoms with Crippen LogP contribution in [0.3, 0.4) is 0 Å². The minimum absolute atomic E-state index is 0.318. The van der Waals surface area contributed by atoms with Gasteiger partial charge in [0.25, 0.3) is 0 Å². The van der Waals surface area contributed by atoms with Crippen LogP contribution in [0.1, 0.15) is 17.2 Å². The van der Waals surface area contributed by atoms with Crippen molar-refractivity contribution in [2.24, 2.45) is 5.73 Å². The molecule has 5 nitrogen and oxygen atoms in total.